The molecule has 144 valence electrons. The minimum atomic E-state index is 0.239. The molecule has 0 fully saturated rings. The number of hydrogen-bond acceptors (Lipinski definition) is 1. The summed E-state index contributed by atoms with van der Waals surface area (Å²) in [5, 5.41) is 0. The lowest BCUT2D eigenvalue weighted by Gasteiger charge is -2.29. The van der Waals surface area contributed by atoms with Crippen molar-refractivity contribution < 1.29 is 4.58 Å². The van der Waals surface area contributed by atoms with Crippen molar-refractivity contribution in [2.75, 3.05) is 13.1 Å². The summed E-state index contributed by atoms with van der Waals surface area (Å²) < 4.78 is 2.57. The highest BCUT2D eigenvalue weighted by Crippen LogP contribution is 2.42. The van der Waals surface area contributed by atoms with Crippen LogP contribution in [0.1, 0.15) is 64.8 Å². The van der Waals surface area contributed by atoms with Gasteiger partial charge in [-0.3, -0.25) is 9.48 Å². The van der Waals surface area contributed by atoms with E-state index in [0.29, 0.717) is 12.1 Å². The third-order valence-corrected chi connectivity index (χ3v) is 4.91. The zero-order chi connectivity index (χ0) is 19.7. The van der Waals surface area contributed by atoms with Crippen molar-refractivity contribution in [3.63, 3.8) is 0 Å². The maximum Gasteiger partial charge on any atom is 0.235 e. The second-order valence-corrected chi connectivity index (χ2v) is 10.3. The van der Waals surface area contributed by atoms with Crippen LogP contribution in [0.25, 0.3) is 0 Å². The van der Waals surface area contributed by atoms with Crippen LogP contribution in [0.4, 0.5) is 0 Å². The summed E-state index contributed by atoms with van der Waals surface area (Å²) in [5.41, 5.74) is 3.26. The van der Waals surface area contributed by atoms with Crippen LogP contribution in [0.2, 0.25) is 0 Å². The fraction of sp³-hybridized carbons (Fsp3) is 0.480. The number of rotatable bonds is 4. The van der Waals surface area contributed by atoms with Crippen LogP contribution in [0.3, 0.4) is 0 Å². The Balaban J connectivity index is 2.09. The van der Waals surface area contributed by atoms with Gasteiger partial charge in [-0.1, -0.05) is 102 Å². The highest BCUT2D eigenvalue weighted by Gasteiger charge is 2.45. The van der Waals surface area contributed by atoms with E-state index in [0.717, 1.165) is 13.1 Å². The summed E-state index contributed by atoms with van der Waals surface area (Å²) in [6, 6.07) is 22.7. The van der Waals surface area contributed by atoms with Crippen molar-refractivity contribution in [3.05, 3.63) is 71.8 Å². The van der Waals surface area contributed by atoms with Gasteiger partial charge in [-0.2, -0.15) is 0 Å². The van der Waals surface area contributed by atoms with E-state index in [1.165, 1.54) is 11.1 Å². The quantitative estimate of drug-likeness (QED) is 0.611. The van der Waals surface area contributed by atoms with Gasteiger partial charge in [0.25, 0.3) is 0 Å². The predicted octanol–water partition coefficient (Wildman–Crippen LogP) is 5.92. The molecular formula is C25H35N2+. The van der Waals surface area contributed by atoms with E-state index in [-0.39, 0.29) is 10.8 Å². The molecule has 0 saturated carbocycles. The molecule has 27 heavy (non-hydrogen) atoms. The third-order valence-electron chi connectivity index (χ3n) is 4.91. The van der Waals surface area contributed by atoms with Crippen molar-refractivity contribution in [3.8, 4) is 0 Å². The lowest BCUT2D eigenvalue weighted by Crippen LogP contribution is -2.33. The molecule has 0 aliphatic carbocycles. The van der Waals surface area contributed by atoms with Gasteiger partial charge in [-0.25, -0.2) is 0 Å². The second-order valence-electron chi connectivity index (χ2n) is 10.3. The first-order valence-corrected chi connectivity index (χ1v) is 10.1. The third kappa shape index (κ3) is 5.00. The average Bonchev–Trinajstić information content (AvgIpc) is 2.90. The Morgan fingerprint density at radius 1 is 0.741 bits per heavy atom. The van der Waals surface area contributed by atoms with Crippen molar-refractivity contribution in [2.24, 2.45) is 10.8 Å². The lowest BCUT2D eigenvalue weighted by atomic mass is 9.89. The molecule has 0 unspecified atom stereocenters. The molecule has 1 aliphatic heterocycles. The molecule has 2 heteroatoms. The van der Waals surface area contributed by atoms with E-state index in [4.69, 9.17) is 0 Å². The Kier molecular flexibility index (Phi) is 5.46. The highest BCUT2D eigenvalue weighted by atomic mass is 15.3. The predicted molar refractivity (Wildman–Crippen MR) is 115 cm³/mol. The SMILES string of the molecule is CC(C)(C)CN1C=[N+](CC(C)(C)C)[C@H](c2ccccc2)[C@H]1c1ccccc1. The molecule has 0 bridgehead atoms. The van der Waals surface area contributed by atoms with E-state index in [1.54, 1.807) is 0 Å². The molecule has 0 N–H and O–H groups in total. The van der Waals surface area contributed by atoms with E-state index in [9.17, 15) is 0 Å². The summed E-state index contributed by atoms with van der Waals surface area (Å²) in [6.45, 7) is 16.0. The second kappa shape index (κ2) is 7.50. The number of benzene rings is 2. The summed E-state index contributed by atoms with van der Waals surface area (Å²) in [6.07, 6.45) is 2.39. The molecular weight excluding hydrogens is 328 g/mol. The molecule has 2 aromatic carbocycles. The van der Waals surface area contributed by atoms with Gasteiger partial charge in [0.15, 0.2) is 12.1 Å². The first-order valence-electron chi connectivity index (χ1n) is 10.1. The summed E-state index contributed by atoms with van der Waals surface area (Å²) in [5.74, 6) is 0. The van der Waals surface area contributed by atoms with Gasteiger partial charge < -0.3 is 0 Å². The molecule has 0 spiro atoms. The average molecular weight is 364 g/mol. The van der Waals surface area contributed by atoms with Gasteiger partial charge in [0.2, 0.25) is 6.34 Å². The molecule has 0 aromatic heterocycles. The van der Waals surface area contributed by atoms with E-state index >= 15 is 0 Å². The summed E-state index contributed by atoms with van der Waals surface area (Å²) in [7, 11) is 0. The topological polar surface area (TPSA) is 6.25 Å². The number of nitrogens with zero attached hydrogens (tertiary/aromatic N) is 2. The van der Waals surface area contributed by atoms with Gasteiger partial charge >= 0.3 is 0 Å². The highest BCUT2D eigenvalue weighted by molar-refractivity contribution is 5.54. The van der Waals surface area contributed by atoms with Crippen LogP contribution in [0.5, 0.6) is 0 Å². The molecule has 0 radical (unpaired) electrons. The minimum Gasteiger partial charge on any atom is -0.256 e. The van der Waals surface area contributed by atoms with Gasteiger partial charge in [-0.15, -0.1) is 0 Å². The van der Waals surface area contributed by atoms with Crippen molar-refractivity contribution in [1.29, 1.82) is 0 Å². The lowest BCUT2D eigenvalue weighted by molar-refractivity contribution is -0.574. The van der Waals surface area contributed by atoms with Crippen LogP contribution < -0.4 is 0 Å². The molecule has 2 aromatic rings. The van der Waals surface area contributed by atoms with Crippen molar-refractivity contribution in [2.45, 2.75) is 53.6 Å². The summed E-state index contributed by atoms with van der Waals surface area (Å²) in [4.78, 5) is 2.57. The Bertz CT molecular complexity index is 763. The van der Waals surface area contributed by atoms with Crippen LogP contribution >= 0.6 is 0 Å². The molecule has 1 heterocycles. The zero-order valence-electron chi connectivity index (χ0n) is 17.8. The molecule has 0 saturated heterocycles. The van der Waals surface area contributed by atoms with Crippen LogP contribution in [-0.2, 0) is 0 Å². The van der Waals surface area contributed by atoms with Gasteiger partial charge in [0, 0.05) is 11.1 Å². The standard InChI is InChI=1S/C25H35N2/c1-24(2,3)17-26-19-27(18-25(4,5)6)23(21-15-11-8-12-16-21)22(26)20-13-9-7-10-14-20/h7-16,19,22-23H,17-18H2,1-6H3/q+1/t22-,23-/m1/s1. The largest absolute Gasteiger partial charge is 0.256 e. The maximum atomic E-state index is 2.57. The smallest absolute Gasteiger partial charge is 0.235 e. The first-order chi connectivity index (χ1) is 12.6. The Morgan fingerprint density at radius 3 is 1.74 bits per heavy atom. The van der Waals surface area contributed by atoms with Crippen LogP contribution in [-0.4, -0.2) is 28.9 Å². The van der Waals surface area contributed by atoms with Crippen molar-refractivity contribution >= 4 is 6.34 Å². The van der Waals surface area contributed by atoms with Gasteiger partial charge in [0.05, 0.1) is 13.1 Å². The molecule has 2 nitrogen and oxygen atoms in total. The van der Waals surface area contributed by atoms with Crippen LogP contribution in [0.15, 0.2) is 60.7 Å². The number of hydrogen-bond donors (Lipinski definition) is 0. The minimum absolute atomic E-state index is 0.239. The zero-order valence-corrected chi connectivity index (χ0v) is 17.8. The van der Waals surface area contributed by atoms with E-state index < -0.39 is 0 Å². The fourth-order valence-corrected chi connectivity index (χ4v) is 4.12. The van der Waals surface area contributed by atoms with Crippen molar-refractivity contribution in [1.82, 2.24) is 4.90 Å². The van der Waals surface area contributed by atoms with Gasteiger partial charge in [0.1, 0.15) is 0 Å². The molecule has 3 rings (SSSR count). The normalized spacial score (nSPS) is 20.7. The maximum absolute atomic E-state index is 2.57. The Morgan fingerprint density at radius 2 is 1.26 bits per heavy atom. The van der Waals surface area contributed by atoms with E-state index in [1.807, 2.05) is 0 Å². The Labute approximate surface area is 165 Å². The monoisotopic (exact) mass is 363 g/mol. The van der Waals surface area contributed by atoms with Gasteiger partial charge in [-0.05, 0) is 10.8 Å². The summed E-state index contributed by atoms with van der Waals surface area (Å²) >= 11 is 0. The molecule has 0 amide bonds. The molecule has 2 atom stereocenters. The van der Waals surface area contributed by atoms with Crippen LogP contribution in [0, 0.1) is 10.8 Å². The fourth-order valence-electron chi connectivity index (χ4n) is 4.12. The molecule has 1 aliphatic rings. The van der Waals surface area contributed by atoms with E-state index in [2.05, 4.69) is 118 Å². The Hall–Kier alpha value is -2.09. The first kappa shape index (κ1) is 19.7.